The minimum absolute atomic E-state index is 0.0623. The number of carbonyl (C=O) groups is 3. The third kappa shape index (κ3) is 5.78. The molecule has 2 fully saturated rings. The molecule has 1 atom stereocenters. The Bertz CT molecular complexity index is 749. The van der Waals surface area contributed by atoms with E-state index in [0.717, 1.165) is 31.2 Å². The van der Waals surface area contributed by atoms with E-state index in [4.69, 9.17) is 4.74 Å². The van der Waals surface area contributed by atoms with Gasteiger partial charge in [0.15, 0.2) is 0 Å². The molecule has 1 saturated heterocycles. The monoisotopic (exact) mass is 419 g/mol. The van der Waals surface area contributed by atoms with Crippen LogP contribution in [0.1, 0.15) is 44.1 Å². The van der Waals surface area contributed by atoms with Crippen molar-refractivity contribution >= 4 is 17.8 Å². The zero-order valence-electron chi connectivity index (χ0n) is 17.4. The Balaban J connectivity index is 1.74. The highest BCUT2D eigenvalue weighted by Gasteiger charge is 2.35. The second-order valence-corrected chi connectivity index (χ2v) is 8.00. The van der Waals surface area contributed by atoms with Gasteiger partial charge in [0, 0.05) is 25.7 Å². The van der Waals surface area contributed by atoms with Gasteiger partial charge < -0.3 is 15.0 Å². The Labute approximate surface area is 176 Å². The number of hydrogen-bond donors (Lipinski definition) is 1. The van der Waals surface area contributed by atoms with Crippen LogP contribution in [0.5, 0.6) is 0 Å². The van der Waals surface area contributed by atoms with Gasteiger partial charge in [0.25, 0.3) is 0 Å². The number of ether oxygens (including phenoxy) is 1. The van der Waals surface area contributed by atoms with Crippen molar-refractivity contribution in [1.82, 2.24) is 15.1 Å². The molecule has 1 aromatic rings. The molecule has 8 heteroatoms. The number of hydrogen-bond acceptors (Lipinski definition) is 5. The fraction of sp³-hybridized carbons (Fsp3) is 0.591. The second-order valence-electron chi connectivity index (χ2n) is 8.00. The number of benzene rings is 1. The highest BCUT2D eigenvalue weighted by atomic mass is 19.1. The van der Waals surface area contributed by atoms with Gasteiger partial charge in [-0.15, -0.1) is 0 Å². The van der Waals surface area contributed by atoms with Gasteiger partial charge in [-0.05, 0) is 30.5 Å². The van der Waals surface area contributed by atoms with Crippen molar-refractivity contribution in [1.29, 1.82) is 0 Å². The van der Waals surface area contributed by atoms with Crippen LogP contribution < -0.4 is 5.32 Å². The van der Waals surface area contributed by atoms with Gasteiger partial charge in [-0.2, -0.15) is 0 Å². The van der Waals surface area contributed by atoms with E-state index in [1.807, 2.05) is 4.90 Å². The number of nitrogens with one attached hydrogen (secondary N) is 1. The fourth-order valence-electron chi connectivity index (χ4n) is 4.28. The average molecular weight is 419 g/mol. The lowest BCUT2D eigenvalue weighted by Gasteiger charge is -2.38. The van der Waals surface area contributed by atoms with Crippen LogP contribution in [0.25, 0.3) is 0 Å². The first-order valence-corrected chi connectivity index (χ1v) is 10.6. The molecule has 0 bridgehead atoms. The first-order valence-electron chi connectivity index (χ1n) is 10.6. The number of amides is 2. The van der Waals surface area contributed by atoms with Crippen LogP contribution in [0.4, 0.5) is 4.39 Å². The molecule has 1 N–H and O–H groups in total. The Morgan fingerprint density at radius 2 is 1.90 bits per heavy atom. The first-order chi connectivity index (χ1) is 14.5. The van der Waals surface area contributed by atoms with Gasteiger partial charge in [0.2, 0.25) is 11.8 Å². The number of methoxy groups -OCH3 is 1. The van der Waals surface area contributed by atoms with E-state index >= 15 is 0 Å². The lowest BCUT2D eigenvalue weighted by atomic mass is 9.93. The van der Waals surface area contributed by atoms with Crippen LogP contribution in [0.15, 0.2) is 24.3 Å². The number of piperazine rings is 1. The lowest BCUT2D eigenvalue weighted by molar-refractivity contribution is -0.148. The van der Waals surface area contributed by atoms with Crippen molar-refractivity contribution in [2.24, 2.45) is 0 Å². The summed E-state index contributed by atoms with van der Waals surface area (Å²) in [5.74, 6) is -1.12. The van der Waals surface area contributed by atoms with Crippen molar-refractivity contribution in [3.8, 4) is 0 Å². The van der Waals surface area contributed by atoms with Crippen LogP contribution in [-0.4, -0.2) is 66.4 Å². The molecule has 2 aliphatic rings. The smallest absolute Gasteiger partial charge is 0.307 e. The predicted molar refractivity (Wildman–Crippen MR) is 109 cm³/mol. The van der Waals surface area contributed by atoms with Crippen LogP contribution >= 0.6 is 0 Å². The van der Waals surface area contributed by atoms with Gasteiger partial charge in [-0.1, -0.05) is 31.4 Å². The molecule has 1 aliphatic heterocycles. The molecule has 1 unspecified atom stereocenters. The van der Waals surface area contributed by atoms with E-state index in [2.05, 4.69) is 5.32 Å². The summed E-state index contributed by atoms with van der Waals surface area (Å²) < 4.78 is 18.0. The van der Waals surface area contributed by atoms with Gasteiger partial charge in [0.1, 0.15) is 11.9 Å². The number of esters is 1. The third-order valence-electron chi connectivity index (χ3n) is 5.97. The van der Waals surface area contributed by atoms with Crippen molar-refractivity contribution in [2.75, 3.05) is 26.7 Å². The Morgan fingerprint density at radius 3 is 2.57 bits per heavy atom. The largest absolute Gasteiger partial charge is 0.469 e. The van der Waals surface area contributed by atoms with E-state index in [-0.39, 0.29) is 36.6 Å². The van der Waals surface area contributed by atoms with Crippen LogP contribution in [0, 0.1) is 5.82 Å². The maximum atomic E-state index is 13.4. The summed E-state index contributed by atoms with van der Waals surface area (Å²) in [6.07, 6.45) is 5.13. The van der Waals surface area contributed by atoms with E-state index in [1.54, 1.807) is 17.0 Å². The topological polar surface area (TPSA) is 79.0 Å². The summed E-state index contributed by atoms with van der Waals surface area (Å²) in [6, 6.07) is 5.63. The van der Waals surface area contributed by atoms with Gasteiger partial charge in [-0.25, -0.2) is 4.39 Å². The van der Waals surface area contributed by atoms with E-state index in [1.165, 1.54) is 25.7 Å². The highest BCUT2D eigenvalue weighted by molar-refractivity contribution is 5.88. The number of halogens is 1. The Morgan fingerprint density at radius 1 is 1.20 bits per heavy atom. The van der Waals surface area contributed by atoms with Crippen molar-refractivity contribution in [3.63, 3.8) is 0 Å². The molecule has 7 nitrogen and oxygen atoms in total. The SMILES string of the molecule is COC(=O)CC1C(=O)NCCN1CC(=O)N(Cc1ccc(F)cc1)C1CCCCC1. The Hall–Kier alpha value is -2.48. The molecule has 3 rings (SSSR count). The van der Waals surface area contributed by atoms with Crippen LogP contribution in [0.3, 0.4) is 0 Å². The molecule has 1 aromatic carbocycles. The highest BCUT2D eigenvalue weighted by Crippen LogP contribution is 2.25. The zero-order valence-corrected chi connectivity index (χ0v) is 17.4. The van der Waals surface area contributed by atoms with E-state index < -0.39 is 12.0 Å². The molecule has 0 aromatic heterocycles. The molecule has 0 radical (unpaired) electrons. The minimum atomic E-state index is -0.714. The van der Waals surface area contributed by atoms with E-state index in [9.17, 15) is 18.8 Å². The summed E-state index contributed by atoms with van der Waals surface area (Å²) >= 11 is 0. The van der Waals surface area contributed by atoms with E-state index in [0.29, 0.717) is 19.6 Å². The van der Waals surface area contributed by atoms with Gasteiger partial charge in [0.05, 0.1) is 20.1 Å². The molecular formula is C22H30FN3O4. The molecular weight excluding hydrogens is 389 g/mol. The molecule has 164 valence electrons. The summed E-state index contributed by atoms with van der Waals surface area (Å²) in [4.78, 5) is 41.0. The van der Waals surface area contributed by atoms with Crippen molar-refractivity contribution < 1.29 is 23.5 Å². The molecule has 1 heterocycles. The molecule has 1 aliphatic carbocycles. The van der Waals surface area contributed by atoms with Gasteiger partial charge in [-0.3, -0.25) is 19.3 Å². The number of nitrogens with zero attached hydrogens (tertiary/aromatic N) is 2. The summed E-state index contributed by atoms with van der Waals surface area (Å²) in [5, 5.41) is 2.75. The third-order valence-corrected chi connectivity index (χ3v) is 5.97. The molecule has 30 heavy (non-hydrogen) atoms. The van der Waals surface area contributed by atoms with Crippen LogP contribution in [0.2, 0.25) is 0 Å². The minimum Gasteiger partial charge on any atom is -0.469 e. The standard InChI is InChI=1S/C22H30FN3O4/c1-30-21(28)13-19-22(29)24-11-12-25(19)15-20(27)26(18-5-3-2-4-6-18)14-16-7-9-17(23)10-8-16/h7-10,18-19H,2-6,11-15H2,1H3,(H,24,29). The summed E-state index contributed by atoms with van der Waals surface area (Å²) in [7, 11) is 1.28. The predicted octanol–water partition coefficient (Wildman–Crippen LogP) is 1.85. The normalized spacial score (nSPS) is 20.5. The van der Waals surface area contributed by atoms with Gasteiger partial charge >= 0.3 is 5.97 Å². The summed E-state index contributed by atoms with van der Waals surface area (Å²) in [5.41, 5.74) is 0.873. The quantitative estimate of drug-likeness (QED) is 0.683. The summed E-state index contributed by atoms with van der Waals surface area (Å²) in [6.45, 7) is 1.40. The second kappa shape index (κ2) is 10.5. The van der Waals surface area contributed by atoms with Crippen molar-refractivity contribution in [3.05, 3.63) is 35.6 Å². The first kappa shape index (κ1) is 22.2. The number of carbonyl (C=O) groups excluding carboxylic acids is 3. The molecule has 2 amide bonds. The maximum absolute atomic E-state index is 13.4. The average Bonchev–Trinajstić information content (AvgIpc) is 2.76. The Kier molecular flexibility index (Phi) is 7.79. The molecule has 0 spiro atoms. The lowest BCUT2D eigenvalue weighted by Crippen LogP contribution is -2.58. The molecule has 1 saturated carbocycles. The maximum Gasteiger partial charge on any atom is 0.307 e. The number of rotatable bonds is 7. The van der Waals surface area contributed by atoms with Crippen LogP contribution in [-0.2, 0) is 25.7 Å². The zero-order chi connectivity index (χ0) is 21.5. The van der Waals surface area contributed by atoms with Crippen molar-refractivity contribution in [2.45, 2.75) is 57.2 Å². The fourth-order valence-corrected chi connectivity index (χ4v) is 4.28.